The van der Waals surface area contributed by atoms with Crippen LogP contribution < -0.4 is 5.73 Å². The van der Waals surface area contributed by atoms with Gasteiger partial charge in [0.15, 0.2) is 0 Å². The number of hydrogen-bond acceptors (Lipinski definition) is 3. The second-order valence-electron chi connectivity index (χ2n) is 5.20. The molecule has 0 aliphatic carbocycles. The summed E-state index contributed by atoms with van der Waals surface area (Å²) in [5.41, 5.74) is 9.35. The monoisotopic (exact) mass is 294 g/mol. The second-order valence-corrected chi connectivity index (χ2v) is 6.28. The summed E-state index contributed by atoms with van der Waals surface area (Å²) in [7, 11) is 0. The van der Waals surface area contributed by atoms with Crippen molar-refractivity contribution in [2.24, 2.45) is 5.73 Å². The predicted molar refractivity (Wildman–Crippen MR) is 90.3 cm³/mol. The van der Waals surface area contributed by atoms with Gasteiger partial charge in [-0.05, 0) is 12.5 Å². The van der Waals surface area contributed by atoms with Gasteiger partial charge in [0.1, 0.15) is 0 Å². The fraction of sp³-hybridized carbons (Fsp3) is 0.167. The standard InChI is InChI=1S/C18H18N2S/c1-13(19)12-16-20-17(14-8-4-2-5-9-14)18(21-16)15-10-6-3-7-11-15/h2-11,13H,12,19H2,1H3. The molecule has 1 aromatic heterocycles. The van der Waals surface area contributed by atoms with E-state index in [0.29, 0.717) is 0 Å². The van der Waals surface area contributed by atoms with Crippen LogP contribution in [-0.4, -0.2) is 11.0 Å². The van der Waals surface area contributed by atoms with Gasteiger partial charge >= 0.3 is 0 Å². The summed E-state index contributed by atoms with van der Waals surface area (Å²) >= 11 is 1.74. The maximum atomic E-state index is 5.93. The molecule has 0 bridgehead atoms. The van der Waals surface area contributed by atoms with E-state index in [2.05, 4.69) is 48.5 Å². The van der Waals surface area contributed by atoms with Crippen molar-refractivity contribution in [3.63, 3.8) is 0 Å². The third kappa shape index (κ3) is 3.20. The molecule has 0 amide bonds. The number of nitrogens with zero attached hydrogens (tertiary/aromatic N) is 1. The molecule has 1 unspecified atom stereocenters. The molecule has 3 aromatic rings. The van der Waals surface area contributed by atoms with Crippen LogP contribution in [0.3, 0.4) is 0 Å². The fourth-order valence-corrected chi connectivity index (χ4v) is 3.54. The van der Waals surface area contributed by atoms with Crippen molar-refractivity contribution in [1.29, 1.82) is 0 Å². The first-order valence-electron chi connectivity index (χ1n) is 7.10. The Balaban J connectivity index is 2.11. The van der Waals surface area contributed by atoms with Gasteiger partial charge in [-0.15, -0.1) is 11.3 Å². The molecule has 1 heterocycles. The van der Waals surface area contributed by atoms with Crippen LogP contribution >= 0.6 is 11.3 Å². The van der Waals surface area contributed by atoms with Crippen LogP contribution in [0.5, 0.6) is 0 Å². The highest BCUT2D eigenvalue weighted by Crippen LogP contribution is 2.36. The highest BCUT2D eigenvalue weighted by Gasteiger charge is 2.15. The Morgan fingerprint density at radius 2 is 1.52 bits per heavy atom. The quantitative estimate of drug-likeness (QED) is 0.776. The molecular weight excluding hydrogens is 276 g/mol. The third-order valence-corrected chi connectivity index (χ3v) is 4.38. The van der Waals surface area contributed by atoms with E-state index in [4.69, 9.17) is 10.7 Å². The van der Waals surface area contributed by atoms with E-state index in [0.717, 1.165) is 22.7 Å². The lowest BCUT2D eigenvalue weighted by Gasteiger charge is -2.02. The van der Waals surface area contributed by atoms with Crippen molar-refractivity contribution in [2.75, 3.05) is 0 Å². The number of rotatable bonds is 4. The van der Waals surface area contributed by atoms with Gasteiger partial charge in [0, 0.05) is 18.0 Å². The van der Waals surface area contributed by atoms with Gasteiger partial charge in [-0.2, -0.15) is 0 Å². The first kappa shape index (κ1) is 14.0. The minimum absolute atomic E-state index is 0.128. The Labute approximate surface area is 129 Å². The van der Waals surface area contributed by atoms with Gasteiger partial charge in [0.25, 0.3) is 0 Å². The molecule has 2 N–H and O–H groups in total. The van der Waals surface area contributed by atoms with Gasteiger partial charge in [-0.3, -0.25) is 0 Å². The minimum Gasteiger partial charge on any atom is -0.328 e. The molecule has 2 nitrogen and oxygen atoms in total. The van der Waals surface area contributed by atoms with Crippen LogP contribution in [0.25, 0.3) is 21.7 Å². The predicted octanol–water partition coefficient (Wildman–Crippen LogP) is 4.37. The maximum absolute atomic E-state index is 5.93. The van der Waals surface area contributed by atoms with Crippen LogP contribution in [0.4, 0.5) is 0 Å². The molecular formula is C18H18N2S. The Kier molecular flexibility index (Phi) is 4.13. The van der Waals surface area contributed by atoms with Gasteiger partial charge in [-0.1, -0.05) is 60.7 Å². The molecule has 0 spiro atoms. The van der Waals surface area contributed by atoms with Crippen molar-refractivity contribution in [3.8, 4) is 21.7 Å². The van der Waals surface area contributed by atoms with Crippen LogP contribution in [-0.2, 0) is 6.42 Å². The molecule has 0 radical (unpaired) electrons. The normalized spacial score (nSPS) is 12.3. The first-order chi connectivity index (χ1) is 10.2. The van der Waals surface area contributed by atoms with Crippen LogP contribution in [0.1, 0.15) is 11.9 Å². The lowest BCUT2D eigenvalue weighted by atomic mass is 10.1. The number of nitrogens with two attached hydrogens (primary N) is 1. The Morgan fingerprint density at radius 1 is 0.952 bits per heavy atom. The van der Waals surface area contributed by atoms with E-state index >= 15 is 0 Å². The molecule has 1 atom stereocenters. The van der Waals surface area contributed by atoms with Crippen LogP contribution in [0.15, 0.2) is 60.7 Å². The molecule has 3 rings (SSSR count). The molecule has 0 fully saturated rings. The van der Waals surface area contributed by atoms with Gasteiger partial charge in [-0.25, -0.2) is 4.98 Å². The van der Waals surface area contributed by atoms with Crippen molar-refractivity contribution in [1.82, 2.24) is 4.98 Å². The molecule has 0 aliphatic rings. The zero-order chi connectivity index (χ0) is 14.7. The molecule has 0 aliphatic heterocycles. The topological polar surface area (TPSA) is 38.9 Å². The van der Waals surface area contributed by atoms with Gasteiger partial charge < -0.3 is 5.73 Å². The van der Waals surface area contributed by atoms with E-state index in [1.54, 1.807) is 11.3 Å². The third-order valence-electron chi connectivity index (χ3n) is 3.25. The number of hydrogen-bond donors (Lipinski definition) is 1. The fourth-order valence-electron chi connectivity index (χ4n) is 2.30. The molecule has 0 saturated heterocycles. The van der Waals surface area contributed by atoms with Gasteiger partial charge in [0.2, 0.25) is 0 Å². The molecule has 21 heavy (non-hydrogen) atoms. The highest BCUT2D eigenvalue weighted by molar-refractivity contribution is 7.15. The zero-order valence-corrected chi connectivity index (χ0v) is 12.8. The molecule has 0 saturated carbocycles. The number of aromatic nitrogens is 1. The average Bonchev–Trinajstić information content (AvgIpc) is 2.92. The second kappa shape index (κ2) is 6.20. The number of benzene rings is 2. The Hall–Kier alpha value is -1.97. The van der Waals surface area contributed by atoms with Crippen molar-refractivity contribution in [2.45, 2.75) is 19.4 Å². The van der Waals surface area contributed by atoms with Crippen LogP contribution in [0.2, 0.25) is 0 Å². The summed E-state index contributed by atoms with van der Waals surface area (Å²) in [6.45, 7) is 2.02. The molecule has 2 aromatic carbocycles. The lowest BCUT2D eigenvalue weighted by Crippen LogP contribution is -2.17. The maximum Gasteiger partial charge on any atom is 0.0954 e. The van der Waals surface area contributed by atoms with Gasteiger partial charge in [0.05, 0.1) is 15.6 Å². The Morgan fingerprint density at radius 3 is 2.10 bits per heavy atom. The van der Waals surface area contributed by atoms with Crippen molar-refractivity contribution < 1.29 is 0 Å². The summed E-state index contributed by atoms with van der Waals surface area (Å²) in [6, 6.07) is 20.9. The SMILES string of the molecule is CC(N)Cc1nc(-c2ccccc2)c(-c2ccccc2)s1. The summed E-state index contributed by atoms with van der Waals surface area (Å²) in [5.74, 6) is 0. The summed E-state index contributed by atoms with van der Waals surface area (Å²) in [6.07, 6.45) is 0.817. The van der Waals surface area contributed by atoms with Crippen LogP contribution in [0, 0.1) is 0 Å². The van der Waals surface area contributed by atoms with E-state index in [-0.39, 0.29) is 6.04 Å². The smallest absolute Gasteiger partial charge is 0.0954 e. The van der Waals surface area contributed by atoms with E-state index in [9.17, 15) is 0 Å². The average molecular weight is 294 g/mol. The molecule has 3 heteroatoms. The van der Waals surface area contributed by atoms with Crippen molar-refractivity contribution >= 4 is 11.3 Å². The minimum atomic E-state index is 0.128. The van der Waals surface area contributed by atoms with E-state index in [1.807, 2.05) is 19.1 Å². The summed E-state index contributed by atoms with van der Waals surface area (Å²) in [4.78, 5) is 6.06. The first-order valence-corrected chi connectivity index (χ1v) is 7.92. The van der Waals surface area contributed by atoms with E-state index < -0.39 is 0 Å². The lowest BCUT2D eigenvalue weighted by molar-refractivity contribution is 0.734. The van der Waals surface area contributed by atoms with Crippen molar-refractivity contribution in [3.05, 3.63) is 65.7 Å². The highest BCUT2D eigenvalue weighted by atomic mass is 32.1. The zero-order valence-electron chi connectivity index (χ0n) is 12.0. The number of thiazole rings is 1. The molecule has 106 valence electrons. The summed E-state index contributed by atoms with van der Waals surface area (Å²) in [5, 5.41) is 1.10. The largest absolute Gasteiger partial charge is 0.328 e. The van der Waals surface area contributed by atoms with E-state index in [1.165, 1.54) is 10.4 Å². The summed E-state index contributed by atoms with van der Waals surface area (Å²) < 4.78 is 0. The Bertz CT molecular complexity index is 646.